The van der Waals surface area contributed by atoms with Gasteiger partial charge in [0.25, 0.3) is 0 Å². The van der Waals surface area contributed by atoms with Crippen molar-refractivity contribution in [3.05, 3.63) is 65.5 Å². The lowest BCUT2D eigenvalue weighted by Crippen LogP contribution is -2.46. The summed E-state index contributed by atoms with van der Waals surface area (Å²) in [5.41, 5.74) is 7.70. The molecule has 0 unspecified atom stereocenters. The molecule has 0 bridgehead atoms. The number of aromatic nitrogens is 3. The number of nitrogens with two attached hydrogens (primary N) is 1. The first kappa shape index (κ1) is 20.9. The number of halogens is 3. The molecule has 3 heterocycles. The number of pyridine rings is 1. The number of carbonyl (C=O) groups is 1. The molecule has 1 aliphatic rings. The summed E-state index contributed by atoms with van der Waals surface area (Å²) in [4.78, 5) is 19.5. The summed E-state index contributed by atoms with van der Waals surface area (Å²) in [6, 6.07) is 9.46. The Kier molecular flexibility index (Phi) is 5.64. The maximum Gasteiger partial charge on any atom is 0.417 e. The van der Waals surface area contributed by atoms with E-state index < -0.39 is 17.6 Å². The predicted octanol–water partition coefficient (Wildman–Crippen LogP) is 2.91. The predicted molar refractivity (Wildman–Crippen MR) is 109 cm³/mol. The molecule has 1 amide bonds. The molecule has 0 radical (unpaired) electrons. The van der Waals surface area contributed by atoms with Gasteiger partial charge in [0.05, 0.1) is 11.3 Å². The Morgan fingerprint density at radius 1 is 1.06 bits per heavy atom. The number of aromatic amines is 1. The van der Waals surface area contributed by atoms with Crippen LogP contribution in [-0.2, 0) is 12.7 Å². The summed E-state index contributed by atoms with van der Waals surface area (Å²) in [6.45, 7) is 3.50. The highest BCUT2D eigenvalue weighted by Crippen LogP contribution is 2.29. The monoisotopic (exact) mass is 430 g/mol. The molecular formula is C21H21F3N6O. The molecule has 0 saturated carbocycles. The van der Waals surface area contributed by atoms with E-state index >= 15 is 0 Å². The summed E-state index contributed by atoms with van der Waals surface area (Å²) in [5, 5.41) is 7.23. The largest absolute Gasteiger partial charge is 0.417 e. The topological polar surface area (TPSA) is 91.1 Å². The Bertz CT molecular complexity index is 1040. The zero-order valence-corrected chi connectivity index (χ0v) is 16.6. The van der Waals surface area contributed by atoms with E-state index in [1.165, 1.54) is 6.07 Å². The van der Waals surface area contributed by atoms with Crippen LogP contribution in [0, 0.1) is 0 Å². The molecule has 3 N–H and O–H groups in total. The van der Waals surface area contributed by atoms with Crippen LogP contribution in [0.5, 0.6) is 0 Å². The van der Waals surface area contributed by atoms with E-state index in [0.717, 1.165) is 42.2 Å². The van der Waals surface area contributed by atoms with Gasteiger partial charge in [-0.25, -0.2) is 4.98 Å². The zero-order chi connectivity index (χ0) is 22.0. The highest BCUT2D eigenvalue weighted by molar-refractivity contribution is 5.93. The van der Waals surface area contributed by atoms with Gasteiger partial charge in [-0.05, 0) is 24.3 Å². The van der Waals surface area contributed by atoms with Crippen molar-refractivity contribution in [1.82, 2.24) is 20.1 Å². The van der Waals surface area contributed by atoms with E-state index in [1.54, 1.807) is 12.1 Å². The molecule has 4 rings (SSSR count). The first-order valence-electron chi connectivity index (χ1n) is 9.75. The summed E-state index contributed by atoms with van der Waals surface area (Å²) in [5.74, 6) is 0.0698. The van der Waals surface area contributed by atoms with Crippen molar-refractivity contribution >= 4 is 11.7 Å². The second-order valence-electron chi connectivity index (χ2n) is 7.37. The molecule has 3 aromatic rings. The number of alkyl halides is 3. The van der Waals surface area contributed by atoms with Crippen molar-refractivity contribution in [2.45, 2.75) is 12.7 Å². The molecule has 7 nitrogen and oxygen atoms in total. The average molecular weight is 430 g/mol. The highest BCUT2D eigenvalue weighted by atomic mass is 19.4. The average Bonchev–Trinajstić information content (AvgIpc) is 3.22. The van der Waals surface area contributed by atoms with E-state index in [4.69, 9.17) is 5.73 Å². The number of primary amides is 1. The Labute approximate surface area is 176 Å². The molecule has 10 heteroatoms. The quantitative estimate of drug-likeness (QED) is 0.650. The van der Waals surface area contributed by atoms with E-state index in [1.807, 2.05) is 23.2 Å². The minimum Gasteiger partial charge on any atom is -0.366 e. The number of nitrogens with one attached hydrogen (secondary N) is 1. The Balaban J connectivity index is 1.38. The summed E-state index contributed by atoms with van der Waals surface area (Å²) in [6.07, 6.45) is -1.66. The number of carbonyl (C=O) groups excluding carboxylic acids is 1. The third-order valence-corrected chi connectivity index (χ3v) is 5.33. The second kappa shape index (κ2) is 8.38. The summed E-state index contributed by atoms with van der Waals surface area (Å²) in [7, 11) is 0. The molecule has 0 aliphatic carbocycles. The number of hydrogen-bond acceptors (Lipinski definition) is 5. The lowest BCUT2D eigenvalue weighted by molar-refractivity contribution is -0.137. The maximum atomic E-state index is 12.7. The van der Waals surface area contributed by atoms with E-state index in [9.17, 15) is 18.0 Å². The fourth-order valence-electron chi connectivity index (χ4n) is 3.59. The number of hydrogen-bond donors (Lipinski definition) is 2. The highest BCUT2D eigenvalue weighted by Gasteiger charge is 2.31. The van der Waals surface area contributed by atoms with Gasteiger partial charge >= 0.3 is 6.18 Å². The number of amides is 1. The zero-order valence-electron chi connectivity index (χ0n) is 16.6. The van der Waals surface area contributed by atoms with Crippen LogP contribution in [0.1, 0.15) is 21.5 Å². The molecule has 1 fully saturated rings. The number of H-pyrrole nitrogens is 1. The van der Waals surface area contributed by atoms with Gasteiger partial charge in [0.2, 0.25) is 5.91 Å². The van der Waals surface area contributed by atoms with Gasteiger partial charge in [0.1, 0.15) is 5.82 Å². The fraction of sp³-hybridized carbons (Fsp3) is 0.286. The lowest BCUT2D eigenvalue weighted by Gasteiger charge is -2.35. The van der Waals surface area contributed by atoms with Crippen LogP contribution in [0.2, 0.25) is 0 Å². The summed E-state index contributed by atoms with van der Waals surface area (Å²) < 4.78 is 38.1. The van der Waals surface area contributed by atoms with Gasteiger partial charge < -0.3 is 10.6 Å². The minimum atomic E-state index is -4.38. The van der Waals surface area contributed by atoms with Crippen molar-refractivity contribution in [2.75, 3.05) is 31.1 Å². The van der Waals surface area contributed by atoms with Gasteiger partial charge in [-0.3, -0.25) is 14.8 Å². The van der Waals surface area contributed by atoms with Crippen LogP contribution in [0.4, 0.5) is 19.0 Å². The molecule has 2 aromatic heterocycles. The Hall–Kier alpha value is -3.40. The normalized spacial score (nSPS) is 15.3. The summed E-state index contributed by atoms with van der Waals surface area (Å²) >= 11 is 0. The lowest BCUT2D eigenvalue weighted by atomic mass is 10.1. The van der Waals surface area contributed by atoms with Crippen molar-refractivity contribution < 1.29 is 18.0 Å². The van der Waals surface area contributed by atoms with Crippen molar-refractivity contribution in [1.29, 1.82) is 0 Å². The smallest absolute Gasteiger partial charge is 0.366 e. The first-order chi connectivity index (χ1) is 14.8. The van der Waals surface area contributed by atoms with Crippen molar-refractivity contribution in [3.8, 4) is 11.3 Å². The van der Waals surface area contributed by atoms with E-state index in [0.29, 0.717) is 31.0 Å². The van der Waals surface area contributed by atoms with Crippen molar-refractivity contribution in [3.63, 3.8) is 0 Å². The molecule has 162 valence electrons. The van der Waals surface area contributed by atoms with Crippen LogP contribution in [0.25, 0.3) is 11.3 Å². The number of anilines is 1. The second-order valence-corrected chi connectivity index (χ2v) is 7.37. The van der Waals surface area contributed by atoms with Crippen LogP contribution >= 0.6 is 0 Å². The standard InChI is InChI=1S/C21H21F3N6O/c22-21(23,24)17-5-6-18(26-12-17)30-9-7-29(8-10-30)13-16-11-27-28-19(16)14-1-3-15(4-2-14)20(25)31/h1-6,11-12H,7-10,13H2,(H2,25,31)(H,27,28). The number of piperazine rings is 1. The van der Waals surface area contributed by atoms with Crippen LogP contribution < -0.4 is 10.6 Å². The van der Waals surface area contributed by atoms with Crippen LogP contribution in [-0.4, -0.2) is 52.2 Å². The van der Waals surface area contributed by atoms with Crippen LogP contribution in [0.15, 0.2) is 48.8 Å². The Morgan fingerprint density at radius 3 is 2.35 bits per heavy atom. The van der Waals surface area contributed by atoms with Crippen molar-refractivity contribution in [2.24, 2.45) is 5.73 Å². The van der Waals surface area contributed by atoms with E-state index in [-0.39, 0.29) is 0 Å². The third-order valence-electron chi connectivity index (χ3n) is 5.33. The number of benzene rings is 1. The molecule has 31 heavy (non-hydrogen) atoms. The molecule has 1 aliphatic heterocycles. The number of rotatable bonds is 5. The van der Waals surface area contributed by atoms with E-state index in [2.05, 4.69) is 20.1 Å². The van der Waals surface area contributed by atoms with Crippen LogP contribution in [0.3, 0.4) is 0 Å². The SMILES string of the molecule is NC(=O)c1ccc(-c2n[nH]cc2CN2CCN(c3ccc(C(F)(F)F)cn3)CC2)cc1. The minimum absolute atomic E-state index is 0.439. The van der Waals surface area contributed by atoms with Gasteiger partial charge in [0.15, 0.2) is 0 Å². The third kappa shape index (κ3) is 4.69. The van der Waals surface area contributed by atoms with Gasteiger partial charge in [-0.15, -0.1) is 0 Å². The molecule has 0 spiro atoms. The molecule has 0 atom stereocenters. The maximum absolute atomic E-state index is 12.7. The molecule has 1 aromatic carbocycles. The van der Waals surface area contributed by atoms with Gasteiger partial charge in [-0.2, -0.15) is 18.3 Å². The fourth-order valence-corrected chi connectivity index (χ4v) is 3.59. The first-order valence-corrected chi connectivity index (χ1v) is 9.75. The molecular weight excluding hydrogens is 409 g/mol. The number of nitrogens with zero attached hydrogens (tertiary/aromatic N) is 4. The van der Waals surface area contributed by atoms with Gasteiger partial charge in [-0.1, -0.05) is 12.1 Å². The van der Waals surface area contributed by atoms with Gasteiger partial charge in [0, 0.05) is 61.8 Å². The Morgan fingerprint density at radius 2 is 1.77 bits per heavy atom. The molecule has 1 saturated heterocycles.